The van der Waals surface area contributed by atoms with E-state index >= 15 is 0 Å². The first-order chi connectivity index (χ1) is 9.06. The average Bonchev–Trinajstić information content (AvgIpc) is 2.85. The van der Waals surface area contributed by atoms with Crippen molar-refractivity contribution in [3.05, 3.63) is 38.7 Å². The lowest BCUT2D eigenvalue weighted by molar-refractivity contribution is -0.122. The fraction of sp³-hybridized carbons (Fsp3) is 0.167. The van der Waals surface area contributed by atoms with Crippen molar-refractivity contribution >= 4 is 54.2 Å². The monoisotopic (exact) mass is 404 g/mol. The van der Waals surface area contributed by atoms with Crippen LogP contribution in [0.15, 0.2) is 38.7 Å². The van der Waals surface area contributed by atoms with Gasteiger partial charge in [-0.1, -0.05) is 15.9 Å². The molecule has 2 rings (SSSR count). The smallest absolute Gasteiger partial charge is 0.266 e. The van der Waals surface area contributed by atoms with Crippen LogP contribution in [-0.4, -0.2) is 17.0 Å². The molecule has 1 aromatic heterocycles. The number of amides is 1. The summed E-state index contributed by atoms with van der Waals surface area (Å²) in [6, 6.07) is 5.51. The Morgan fingerprint density at radius 3 is 2.89 bits per heavy atom. The Balaban J connectivity index is 2.00. The molecule has 19 heavy (non-hydrogen) atoms. The van der Waals surface area contributed by atoms with Crippen molar-refractivity contribution in [2.45, 2.75) is 13.0 Å². The van der Waals surface area contributed by atoms with Crippen molar-refractivity contribution in [2.75, 3.05) is 5.32 Å². The molecule has 0 bridgehead atoms. The van der Waals surface area contributed by atoms with Gasteiger partial charge < -0.3 is 4.74 Å². The molecule has 1 aromatic carbocycles. The minimum atomic E-state index is -0.610. The predicted molar refractivity (Wildman–Crippen MR) is 82.7 cm³/mol. The minimum absolute atomic E-state index is 0.232. The van der Waals surface area contributed by atoms with Gasteiger partial charge >= 0.3 is 0 Å². The van der Waals surface area contributed by atoms with Gasteiger partial charge in [-0.15, -0.1) is 11.3 Å². The summed E-state index contributed by atoms with van der Waals surface area (Å²) in [5.74, 6) is 0.384. The maximum atomic E-state index is 11.9. The molecule has 7 heteroatoms. The van der Waals surface area contributed by atoms with Crippen molar-refractivity contribution in [2.24, 2.45) is 0 Å². The Labute approximate surface area is 131 Å². The maximum Gasteiger partial charge on any atom is 0.266 e. The third-order valence-electron chi connectivity index (χ3n) is 2.23. The van der Waals surface area contributed by atoms with Crippen LogP contribution in [0.3, 0.4) is 0 Å². The number of halogens is 2. The fourth-order valence-corrected chi connectivity index (χ4v) is 2.98. The second-order valence-corrected chi connectivity index (χ2v) is 6.33. The van der Waals surface area contributed by atoms with Gasteiger partial charge in [-0.25, -0.2) is 4.98 Å². The highest BCUT2D eigenvalue weighted by molar-refractivity contribution is 9.11. The van der Waals surface area contributed by atoms with Crippen LogP contribution >= 0.6 is 43.2 Å². The summed E-state index contributed by atoms with van der Waals surface area (Å²) < 4.78 is 7.33. The molecule has 0 aliphatic rings. The fourth-order valence-electron chi connectivity index (χ4n) is 1.31. The van der Waals surface area contributed by atoms with Crippen molar-refractivity contribution in [3.63, 3.8) is 0 Å². The van der Waals surface area contributed by atoms with E-state index in [1.807, 2.05) is 12.1 Å². The lowest BCUT2D eigenvalue weighted by Gasteiger charge is -2.15. The van der Waals surface area contributed by atoms with E-state index in [1.165, 1.54) is 11.3 Å². The van der Waals surface area contributed by atoms with Gasteiger partial charge in [0, 0.05) is 16.0 Å². The van der Waals surface area contributed by atoms with E-state index < -0.39 is 6.10 Å². The molecule has 2 aromatic rings. The first kappa shape index (κ1) is 14.5. The topological polar surface area (TPSA) is 51.2 Å². The summed E-state index contributed by atoms with van der Waals surface area (Å²) in [4.78, 5) is 15.9. The van der Waals surface area contributed by atoms with Crippen LogP contribution in [0.1, 0.15) is 6.92 Å². The molecule has 0 fully saturated rings. The van der Waals surface area contributed by atoms with Crippen LogP contribution in [-0.2, 0) is 4.79 Å². The average molecular weight is 406 g/mol. The Kier molecular flexibility index (Phi) is 4.95. The minimum Gasteiger partial charge on any atom is -0.480 e. The van der Waals surface area contributed by atoms with Gasteiger partial charge in [0.1, 0.15) is 5.75 Å². The molecule has 0 radical (unpaired) electrons. The summed E-state index contributed by atoms with van der Waals surface area (Å²) in [6.45, 7) is 1.69. The van der Waals surface area contributed by atoms with Gasteiger partial charge in [0.05, 0.1) is 4.47 Å². The second-order valence-electron chi connectivity index (χ2n) is 3.66. The molecule has 0 aliphatic heterocycles. The van der Waals surface area contributed by atoms with Gasteiger partial charge in [-0.2, -0.15) is 0 Å². The van der Waals surface area contributed by atoms with Crippen molar-refractivity contribution in [1.29, 1.82) is 0 Å². The van der Waals surface area contributed by atoms with E-state index in [1.54, 1.807) is 24.6 Å². The maximum absolute atomic E-state index is 11.9. The third kappa shape index (κ3) is 4.02. The SMILES string of the molecule is C[C@@H](Oc1ccc(Br)cc1Br)C(=O)Nc1nccs1. The molecule has 1 atom stereocenters. The van der Waals surface area contributed by atoms with E-state index in [9.17, 15) is 4.79 Å². The number of nitrogens with zero attached hydrogens (tertiary/aromatic N) is 1. The van der Waals surface area contributed by atoms with E-state index in [0.717, 1.165) is 8.95 Å². The van der Waals surface area contributed by atoms with Gasteiger partial charge in [0.15, 0.2) is 11.2 Å². The van der Waals surface area contributed by atoms with Crippen LogP contribution in [0.25, 0.3) is 0 Å². The summed E-state index contributed by atoms with van der Waals surface area (Å²) in [6.07, 6.45) is 1.03. The molecule has 1 amide bonds. The standard InChI is InChI=1S/C12H10Br2N2O2S/c1-7(11(17)16-12-15-4-5-19-12)18-10-3-2-8(13)6-9(10)14/h2-7H,1H3,(H,15,16,17)/t7-/m1/s1. The van der Waals surface area contributed by atoms with Crippen molar-refractivity contribution in [1.82, 2.24) is 4.98 Å². The molecule has 1 N–H and O–H groups in total. The number of nitrogens with one attached hydrogen (secondary N) is 1. The number of carbonyl (C=O) groups excluding carboxylic acids is 1. The van der Waals surface area contributed by atoms with E-state index in [2.05, 4.69) is 42.2 Å². The van der Waals surface area contributed by atoms with E-state index in [4.69, 9.17) is 4.74 Å². The number of carbonyl (C=O) groups is 1. The zero-order chi connectivity index (χ0) is 13.8. The number of hydrogen-bond acceptors (Lipinski definition) is 4. The molecular weight excluding hydrogens is 396 g/mol. The van der Waals surface area contributed by atoms with Crippen LogP contribution in [0.2, 0.25) is 0 Å². The highest BCUT2D eigenvalue weighted by atomic mass is 79.9. The largest absolute Gasteiger partial charge is 0.480 e. The van der Waals surface area contributed by atoms with Crippen molar-refractivity contribution in [3.8, 4) is 5.75 Å². The molecule has 4 nitrogen and oxygen atoms in total. The number of ether oxygens (including phenoxy) is 1. The number of hydrogen-bond donors (Lipinski definition) is 1. The number of benzene rings is 1. The Bertz CT molecular complexity index is 575. The first-order valence-electron chi connectivity index (χ1n) is 5.38. The quantitative estimate of drug-likeness (QED) is 0.833. The van der Waals surface area contributed by atoms with Crippen LogP contribution < -0.4 is 10.1 Å². The van der Waals surface area contributed by atoms with E-state index in [0.29, 0.717) is 10.9 Å². The number of thiazole rings is 1. The van der Waals surface area contributed by atoms with Gasteiger partial charge in [-0.3, -0.25) is 10.1 Å². The van der Waals surface area contributed by atoms with Gasteiger partial charge in [-0.05, 0) is 41.1 Å². The van der Waals surface area contributed by atoms with Gasteiger partial charge in [0.2, 0.25) is 0 Å². The zero-order valence-corrected chi connectivity index (χ0v) is 13.9. The lowest BCUT2D eigenvalue weighted by atomic mass is 10.3. The molecular formula is C12H10Br2N2O2S. The van der Waals surface area contributed by atoms with Gasteiger partial charge in [0.25, 0.3) is 5.91 Å². The van der Waals surface area contributed by atoms with Crippen LogP contribution in [0, 0.1) is 0 Å². The highest BCUT2D eigenvalue weighted by Gasteiger charge is 2.17. The molecule has 100 valence electrons. The molecule has 0 saturated carbocycles. The first-order valence-corrected chi connectivity index (χ1v) is 7.85. The molecule has 1 heterocycles. The summed E-state index contributed by atoms with van der Waals surface area (Å²) in [7, 11) is 0. The third-order valence-corrected chi connectivity index (χ3v) is 4.03. The number of aromatic nitrogens is 1. The second kappa shape index (κ2) is 6.49. The number of anilines is 1. The van der Waals surface area contributed by atoms with Crippen LogP contribution in [0.4, 0.5) is 5.13 Å². The lowest BCUT2D eigenvalue weighted by Crippen LogP contribution is -2.30. The van der Waals surface area contributed by atoms with E-state index in [-0.39, 0.29) is 5.91 Å². The van der Waals surface area contributed by atoms with Crippen molar-refractivity contribution < 1.29 is 9.53 Å². The Morgan fingerprint density at radius 1 is 1.47 bits per heavy atom. The van der Waals surface area contributed by atoms with Crippen LogP contribution in [0.5, 0.6) is 5.75 Å². The molecule has 0 saturated heterocycles. The molecule has 0 unspecified atom stereocenters. The normalized spacial score (nSPS) is 11.9. The highest BCUT2D eigenvalue weighted by Crippen LogP contribution is 2.29. The summed E-state index contributed by atoms with van der Waals surface area (Å²) in [5, 5.41) is 5.05. The molecule has 0 spiro atoms. The predicted octanol–water partition coefficient (Wildman–Crippen LogP) is 4.07. The summed E-state index contributed by atoms with van der Waals surface area (Å²) >= 11 is 8.11. The Hall–Kier alpha value is -0.920. The molecule has 0 aliphatic carbocycles. The number of rotatable bonds is 4. The summed E-state index contributed by atoms with van der Waals surface area (Å²) in [5.41, 5.74) is 0. The zero-order valence-electron chi connectivity index (χ0n) is 9.89. The Morgan fingerprint density at radius 2 is 2.26 bits per heavy atom.